The molecule has 0 saturated heterocycles. The standard InChI is InChI=1S/C17H28N4O4S/c1-6-21(10-16(22)19-12(2)3)11-17(23)20-14-8-7-13(4)15(9-14)26(24,25)18-5/h7-9,12,18H,6,10-11H2,1-5H3,(H,19,22)(H,20,23)/p+1. The first kappa shape index (κ1) is 22.1. The molecule has 146 valence electrons. The Morgan fingerprint density at radius 2 is 1.77 bits per heavy atom. The van der Waals surface area contributed by atoms with Crippen LogP contribution in [0.15, 0.2) is 23.1 Å². The van der Waals surface area contributed by atoms with Gasteiger partial charge in [-0.3, -0.25) is 9.59 Å². The summed E-state index contributed by atoms with van der Waals surface area (Å²) >= 11 is 0. The molecule has 0 saturated carbocycles. The van der Waals surface area contributed by atoms with Crippen molar-refractivity contribution in [2.24, 2.45) is 0 Å². The Hall–Kier alpha value is -1.97. The highest BCUT2D eigenvalue weighted by Crippen LogP contribution is 2.19. The first-order valence-corrected chi connectivity index (χ1v) is 10.0. The Kier molecular flexibility index (Phi) is 8.19. The van der Waals surface area contributed by atoms with E-state index < -0.39 is 10.0 Å². The van der Waals surface area contributed by atoms with Gasteiger partial charge in [-0.05, 0) is 52.4 Å². The van der Waals surface area contributed by atoms with Crippen molar-refractivity contribution in [3.8, 4) is 0 Å². The van der Waals surface area contributed by atoms with Crippen molar-refractivity contribution in [2.45, 2.75) is 38.6 Å². The molecule has 1 unspecified atom stereocenters. The molecule has 1 aromatic rings. The molecule has 0 aliphatic carbocycles. The number of carbonyl (C=O) groups is 2. The second-order valence-electron chi connectivity index (χ2n) is 6.42. The van der Waals surface area contributed by atoms with Gasteiger partial charge in [0.25, 0.3) is 11.8 Å². The summed E-state index contributed by atoms with van der Waals surface area (Å²) in [5.74, 6) is -0.391. The van der Waals surface area contributed by atoms with Gasteiger partial charge in [0, 0.05) is 11.7 Å². The van der Waals surface area contributed by atoms with E-state index in [1.165, 1.54) is 13.1 Å². The second kappa shape index (κ2) is 9.65. The lowest BCUT2D eigenvalue weighted by atomic mass is 10.2. The molecule has 0 radical (unpaired) electrons. The Morgan fingerprint density at radius 3 is 2.31 bits per heavy atom. The van der Waals surface area contributed by atoms with E-state index in [0.29, 0.717) is 17.8 Å². The smallest absolute Gasteiger partial charge is 0.279 e. The Labute approximate surface area is 155 Å². The molecule has 1 atom stereocenters. The van der Waals surface area contributed by atoms with Gasteiger partial charge in [0.1, 0.15) is 0 Å². The van der Waals surface area contributed by atoms with Crippen LogP contribution in [0.1, 0.15) is 26.3 Å². The van der Waals surface area contributed by atoms with Crippen LogP contribution in [-0.2, 0) is 19.6 Å². The summed E-state index contributed by atoms with van der Waals surface area (Å²) in [5.41, 5.74) is 0.986. The molecule has 1 aromatic carbocycles. The predicted molar refractivity (Wildman–Crippen MR) is 101 cm³/mol. The first-order valence-electron chi connectivity index (χ1n) is 8.56. The van der Waals surface area contributed by atoms with Gasteiger partial charge in [0.15, 0.2) is 13.1 Å². The summed E-state index contributed by atoms with van der Waals surface area (Å²) in [5, 5.41) is 5.50. The maximum absolute atomic E-state index is 12.3. The van der Waals surface area contributed by atoms with E-state index in [2.05, 4.69) is 15.4 Å². The number of anilines is 1. The highest BCUT2D eigenvalue weighted by atomic mass is 32.2. The van der Waals surface area contributed by atoms with Crippen molar-refractivity contribution in [3.63, 3.8) is 0 Å². The van der Waals surface area contributed by atoms with Gasteiger partial charge in [0.2, 0.25) is 10.0 Å². The molecule has 2 amide bonds. The van der Waals surface area contributed by atoms with Crippen LogP contribution in [0.4, 0.5) is 5.69 Å². The van der Waals surface area contributed by atoms with Gasteiger partial charge in [-0.25, -0.2) is 13.1 Å². The summed E-state index contributed by atoms with van der Waals surface area (Å²) < 4.78 is 26.3. The molecule has 0 fully saturated rings. The van der Waals surface area contributed by atoms with Crippen molar-refractivity contribution < 1.29 is 22.9 Å². The van der Waals surface area contributed by atoms with Gasteiger partial charge in [-0.1, -0.05) is 6.07 Å². The Balaban J connectivity index is 2.78. The van der Waals surface area contributed by atoms with Crippen molar-refractivity contribution in [3.05, 3.63) is 23.8 Å². The number of carbonyl (C=O) groups excluding carboxylic acids is 2. The highest BCUT2D eigenvalue weighted by molar-refractivity contribution is 7.89. The summed E-state index contributed by atoms with van der Waals surface area (Å²) in [6.07, 6.45) is 0. The molecule has 0 bridgehead atoms. The van der Waals surface area contributed by atoms with Crippen molar-refractivity contribution >= 4 is 27.5 Å². The molecule has 0 aromatic heterocycles. The van der Waals surface area contributed by atoms with Gasteiger partial charge < -0.3 is 15.5 Å². The number of amides is 2. The average molecular weight is 386 g/mol. The number of hydrogen-bond donors (Lipinski definition) is 4. The number of likely N-dealkylation sites (N-methyl/N-ethyl adjacent to an activating group) is 1. The van der Waals surface area contributed by atoms with Gasteiger partial charge in [-0.15, -0.1) is 0 Å². The molecule has 0 aliphatic heterocycles. The molecule has 0 spiro atoms. The molecular weight excluding hydrogens is 356 g/mol. The van der Waals surface area contributed by atoms with Crippen LogP contribution in [0, 0.1) is 6.92 Å². The monoisotopic (exact) mass is 385 g/mol. The zero-order valence-corrected chi connectivity index (χ0v) is 16.8. The van der Waals surface area contributed by atoms with E-state index >= 15 is 0 Å². The summed E-state index contributed by atoms with van der Waals surface area (Å²) in [7, 11) is -2.26. The third-order valence-corrected chi connectivity index (χ3v) is 5.36. The quantitative estimate of drug-likeness (QED) is 0.449. The number of hydrogen-bond acceptors (Lipinski definition) is 4. The third kappa shape index (κ3) is 6.74. The van der Waals surface area contributed by atoms with Crippen LogP contribution < -0.4 is 20.3 Å². The summed E-state index contributed by atoms with van der Waals surface area (Å²) in [6, 6.07) is 4.77. The van der Waals surface area contributed by atoms with Crippen LogP contribution in [0.5, 0.6) is 0 Å². The van der Waals surface area contributed by atoms with Crippen LogP contribution in [0.3, 0.4) is 0 Å². The van der Waals surface area contributed by atoms with Crippen LogP contribution in [-0.4, -0.2) is 53.0 Å². The summed E-state index contributed by atoms with van der Waals surface area (Å²) in [6.45, 7) is 8.28. The second-order valence-corrected chi connectivity index (χ2v) is 8.27. The molecule has 1 rings (SSSR count). The fourth-order valence-electron chi connectivity index (χ4n) is 2.42. The van der Waals surface area contributed by atoms with E-state index in [4.69, 9.17) is 0 Å². The largest absolute Gasteiger partial charge is 0.349 e. The highest BCUT2D eigenvalue weighted by Gasteiger charge is 2.19. The first-order chi connectivity index (χ1) is 12.1. The molecule has 8 nitrogen and oxygen atoms in total. The number of aryl methyl sites for hydroxylation is 1. The topological polar surface area (TPSA) is 109 Å². The van der Waals surface area contributed by atoms with Crippen LogP contribution in [0.25, 0.3) is 0 Å². The number of sulfonamides is 1. The fraction of sp³-hybridized carbons (Fsp3) is 0.529. The van der Waals surface area contributed by atoms with Gasteiger partial charge >= 0.3 is 0 Å². The number of quaternary nitrogens is 1. The minimum atomic E-state index is -3.60. The van der Waals surface area contributed by atoms with Crippen molar-refractivity contribution in [1.29, 1.82) is 0 Å². The number of rotatable bonds is 9. The maximum Gasteiger partial charge on any atom is 0.279 e. The van der Waals surface area contributed by atoms with Crippen molar-refractivity contribution in [2.75, 3.05) is 32.0 Å². The summed E-state index contributed by atoms with van der Waals surface area (Å²) in [4.78, 5) is 25.1. The van der Waals surface area contributed by atoms with E-state index in [0.717, 1.165) is 4.90 Å². The zero-order valence-electron chi connectivity index (χ0n) is 16.0. The van der Waals surface area contributed by atoms with E-state index in [1.807, 2.05) is 20.8 Å². The van der Waals surface area contributed by atoms with Gasteiger partial charge in [-0.2, -0.15) is 0 Å². The molecular formula is C17H29N4O4S+. The number of benzene rings is 1. The van der Waals surface area contributed by atoms with E-state index in [-0.39, 0.29) is 35.8 Å². The molecule has 0 heterocycles. The lowest BCUT2D eigenvalue weighted by Crippen LogP contribution is -3.14. The van der Waals surface area contributed by atoms with Crippen molar-refractivity contribution in [1.82, 2.24) is 10.0 Å². The molecule has 0 aliphatic rings. The minimum absolute atomic E-state index is 0.0505. The van der Waals surface area contributed by atoms with Gasteiger partial charge in [0.05, 0.1) is 11.4 Å². The lowest BCUT2D eigenvalue weighted by Gasteiger charge is -2.18. The van der Waals surface area contributed by atoms with Crippen LogP contribution in [0.2, 0.25) is 0 Å². The molecule has 9 heteroatoms. The predicted octanol–water partition coefficient (Wildman–Crippen LogP) is -0.729. The molecule has 4 N–H and O–H groups in total. The Morgan fingerprint density at radius 1 is 1.15 bits per heavy atom. The average Bonchev–Trinajstić information content (AvgIpc) is 2.55. The van der Waals surface area contributed by atoms with E-state index in [1.54, 1.807) is 19.1 Å². The zero-order chi connectivity index (χ0) is 19.9. The SMILES string of the molecule is CC[NH+](CC(=O)Nc1ccc(C)c(S(=O)(=O)NC)c1)CC(=O)NC(C)C. The minimum Gasteiger partial charge on any atom is -0.349 e. The third-order valence-electron chi connectivity index (χ3n) is 3.80. The molecule has 26 heavy (non-hydrogen) atoms. The fourth-order valence-corrected chi connectivity index (χ4v) is 3.42. The normalized spacial score (nSPS) is 12.7. The van der Waals surface area contributed by atoms with Crippen LogP contribution >= 0.6 is 0 Å². The van der Waals surface area contributed by atoms with E-state index in [9.17, 15) is 18.0 Å². The lowest BCUT2D eigenvalue weighted by molar-refractivity contribution is -0.881. The maximum atomic E-state index is 12.3. The number of nitrogens with one attached hydrogen (secondary N) is 4. The Bertz CT molecular complexity index is 747.